The van der Waals surface area contributed by atoms with Crippen molar-refractivity contribution in [3.05, 3.63) is 23.8 Å². The van der Waals surface area contributed by atoms with Crippen molar-refractivity contribution in [2.75, 3.05) is 40.3 Å². The summed E-state index contributed by atoms with van der Waals surface area (Å²) in [6.45, 7) is 6.77. The Hall–Kier alpha value is -1.64. The van der Waals surface area contributed by atoms with Crippen molar-refractivity contribution in [3.63, 3.8) is 0 Å². The Morgan fingerprint density at radius 2 is 1.73 bits per heavy atom. The van der Waals surface area contributed by atoms with Crippen LogP contribution in [0.1, 0.15) is 51.0 Å². The smallest absolute Gasteiger partial charge is 0.246 e. The van der Waals surface area contributed by atoms with Crippen molar-refractivity contribution in [2.24, 2.45) is 5.92 Å². The van der Waals surface area contributed by atoms with Crippen molar-refractivity contribution in [3.8, 4) is 5.75 Å². The number of nitrogens with one attached hydrogen (secondary N) is 1. The van der Waals surface area contributed by atoms with E-state index < -0.39 is 10.0 Å². The van der Waals surface area contributed by atoms with Gasteiger partial charge in [0.1, 0.15) is 10.6 Å². The second-order valence-electron chi connectivity index (χ2n) is 8.83. The van der Waals surface area contributed by atoms with E-state index in [1.54, 1.807) is 12.1 Å². The van der Waals surface area contributed by atoms with E-state index in [1.807, 2.05) is 19.9 Å². The van der Waals surface area contributed by atoms with Gasteiger partial charge in [0.2, 0.25) is 15.9 Å². The van der Waals surface area contributed by atoms with Crippen LogP contribution in [0, 0.1) is 5.92 Å². The van der Waals surface area contributed by atoms with Crippen LogP contribution in [-0.4, -0.2) is 69.9 Å². The highest BCUT2D eigenvalue weighted by Gasteiger charge is 2.34. The van der Waals surface area contributed by atoms with E-state index in [0.717, 1.165) is 31.5 Å². The number of rotatable bonds is 6. The molecule has 30 heavy (non-hydrogen) atoms. The molecule has 1 N–H and O–H groups in total. The summed E-state index contributed by atoms with van der Waals surface area (Å²) in [7, 11) is -0.0858. The Morgan fingerprint density at radius 1 is 1.10 bits per heavy atom. The van der Waals surface area contributed by atoms with Crippen LogP contribution in [0.15, 0.2) is 23.1 Å². The molecule has 0 radical (unpaired) electrons. The Bertz CT molecular complexity index is 840. The quantitative estimate of drug-likeness (QED) is 0.740. The number of ether oxygens (including phenoxy) is 1. The standard InChI is InChI=1S/C22H35N3O4S/c1-16(2)18-5-6-20(29-4)21(15-18)30(27,28)25-13-7-17(8-14-25)22(26)23-19-9-11-24(3)12-10-19/h5-6,15-17,19H,7-14H2,1-4H3,(H,23,26). The van der Waals surface area contributed by atoms with Gasteiger partial charge in [0.25, 0.3) is 0 Å². The summed E-state index contributed by atoms with van der Waals surface area (Å²) in [4.78, 5) is 15.2. The minimum atomic E-state index is -3.67. The highest BCUT2D eigenvalue weighted by Crippen LogP contribution is 2.32. The molecule has 2 saturated heterocycles. The molecule has 2 heterocycles. The van der Waals surface area contributed by atoms with Crippen LogP contribution in [0.5, 0.6) is 5.75 Å². The predicted molar refractivity (Wildman–Crippen MR) is 117 cm³/mol. The molecule has 1 amide bonds. The second-order valence-corrected chi connectivity index (χ2v) is 10.7. The van der Waals surface area contributed by atoms with Crippen LogP contribution in [0.4, 0.5) is 0 Å². The number of nitrogens with zero attached hydrogens (tertiary/aromatic N) is 2. The Morgan fingerprint density at radius 3 is 2.30 bits per heavy atom. The summed E-state index contributed by atoms with van der Waals surface area (Å²) >= 11 is 0. The Balaban J connectivity index is 1.64. The van der Waals surface area contributed by atoms with E-state index in [9.17, 15) is 13.2 Å². The van der Waals surface area contributed by atoms with Gasteiger partial charge >= 0.3 is 0 Å². The van der Waals surface area contributed by atoms with Gasteiger partial charge in [-0.05, 0) is 69.4 Å². The minimum absolute atomic E-state index is 0.0704. The van der Waals surface area contributed by atoms with Crippen molar-refractivity contribution in [1.82, 2.24) is 14.5 Å². The maximum atomic E-state index is 13.3. The number of carbonyl (C=O) groups is 1. The molecule has 168 valence electrons. The van der Waals surface area contributed by atoms with Crippen molar-refractivity contribution < 1.29 is 17.9 Å². The minimum Gasteiger partial charge on any atom is -0.495 e. The molecule has 0 aliphatic carbocycles. The summed E-state index contributed by atoms with van der Waals surface area (Å²) in [6.07, 6.45) is 3.04. The predicted octanol–water partition coefficient (Wildman–Crippen LogP) is 2.43. The van der Waals surface area contributed by atoms with E-state index in [4.69, 9.17) is 4.74 Å². The van der Waals surface area contributed by atoms with Crippen LogP contribution in [0.3, 0.4) is 0 Å². The molecule has 1 aromatic carbocycles. The maximum Gasteiger partial charge on any atom is 0.246 e. The highest BCUT2D eigenvalue weighted by molar-refractivity contribution is 7.89. The Labute approximate surface area is 180 Å². The zero-order valence-electron chi connectivity index (χ0n) is 18.6. The number of hydrogen-bond acceptors (Lipinski definition) is 5. The summed E-state index contributed by atoms with van der Waals surface area (Å²) in [5, 5.41) is 3.18. The third kappa shape index (κ3) is 5.15. The van der Waals surface area contributed by atoms with Gasteiger partial charge < -0.3 is 15.0 Å². The fraction of sp³-hybridized carbons (Fsp3) is 0.682. The summed E-state index contributed by atoms with van der Waals surface area (Å²) in [6, 6.07) is 5.59. The molecule has 0 unspecified atom stereocenters. The van der Waals surface area contributed by atoms with Gasteiger partial charge in [-0.15, -0.1) is 0 Å². The first kappa shape index (κ1) is 23.0. The van der Waals surface area contributed by atoms with E-state index in [-0.39, 0.29) is 28.7 Å². The molecule has 3 rings (SSSR count). The van der Waals surface area contributed by atoms with E-state index in [0.29, 0.717) is 31.7 Å². The molecule has 8 heteroatoms. The van der Waals surface area contributed by atoms with Crippen LogP contribution < -0.4 is 10.1 Å². The number of benzene rings is 1. The summed E-state index contributed by atoms with van der Waals surface area (Å²) in [5.41, 5.74) is 0.960. The molecule has 1 aromatic rings. The first-order valence-corrected chi connectivity index (χ1v) is 12.3. The number of carbonyl (C=O) groups excluding carboxylic acids is 1. The number of likely N-dealkylation sites (tertiary alicyclic amines) is 1. The number of methoxy groups -OCH3 is 1. The highest BCUT2D eigenvalue weighted by atomic mass is 32.2. The molecule has 2 aliphatic rings. The van der Waals surface area contributed by atoms with Gasteiger partial charge in [-0.3, -0.25) is 4.79 Å². The van der Waals surface area contributed by atoms with Gasteiger partial charge in [-0.1, -0.05) is 19.9 Å². The van der Waals surface area contributed by atoms with E-state index in [2.05, 4.69) is 17.3 Å². The molecule has 0 atom stereocenters. The zero-order valence-corrected chi connectivity index (χ0v) is 19.4. The number of sulfonamides is 1. The molecule has 7 nitrogen and oxygen atoms in total. The fourth-order valence-electron chi connectivity index (χ4n) is 4.22. The van der Waals surface area contributed by atoms with E-state index in [1.165, 1.54) is 11.4 Å². The second kappa shape index (κ2) is 9.66. The lowest BCUT2D eigenvalue weighted by Gasteiger charge is -2.33. The average molecular weight is 438 g/mol. The molecule has 2 aliphatic heterocycles. The molecule has 0 saturated carbocycles. The molecule has 0 bridgehead atoms. The normalized spacial score (nSPS) is 20.4. The summed E-state index contributed by atoms with van der Waals surface area (Å²) in [5.74, 6) is 0.529. The molecule has 0 aromatic heterocycles. The molecular formula is C22H35N3O4S. The first-order chi connectivity index (χ1) is 14.2. The zero-order chi connectivity index (χ0) is 21.9. The molecule has 2 fully saturated rings. The first-order valence-electron chi connectivity index (χ1n) is 10.9. The van der Waals surface area contributed by atoms with Crippen molar-refractivity contribution in [1.29, 1.82) is 0 Å². The van der Waals surface area contributed by atoms with Crippen LogP contribution in [0.2, 0.25) is 0 Å². The maximum absolute atomic E-state index is 13.3. The third-order valence-electron chi connectivity index (χ3n) is 6.36. The van der Waals surface area contributed by atoms with Crippen LogP contribution in [-0.2, 0) is 14.8 Å². The average Bonchev–Trinajstić information content (AvgIpc) is 2.74. The van der Waals surface area contributed by atoms with Gasteiger partial charge in [-0.2, -0.15) is 4.31 Å². The Kier molecular flexibility index (Phi) is 7.42. The number of amides is 1. The van der Waals surface area contributed by atoms with E-state index >= 15 is 0 Å². The van der Waals surface area contributed by atoms with Crippen LogP contribution >= 0.6 is 0 Å². The van der Waals surface area contributed by atoms with Crippen LogP contribution in [0.25, 0.3) is 0 Å². The third-order valence-corrected chi connectivity index (χ3v) is 8.28. The number of piperidine rings is 2. The van der Waals surface area contributed by atoms with Gasteiger partial charge in [0, 0.05) is 25.0 Å². The van der Waals surface area contributed by atoms with Gasteiger partial charge in [0.15, 0.2) is 0 Å². The van der Waals surface area contributed by atoms with Crippen molar-refractivity contribution in [2.45, 2.75) is 56.4 Å². The fourth-order valence-corrected chi connectivity index (χ4v) is 5.88. The van der Waals surface area contributed by atoms with Crippen molar-refractivity contribution >= 4 is 15.9 Å². The summed E-state index contributed by atoms with van der Waals surface area (Å²) < 4.78 is 33.4. The van der Waals surface area contributed by atoms with Gasteiger partial charge in [0.05, 0.1) is 7.11 Å². The topological polar surface area (TPSA) is 79.0 Å². The lowest BCUT2D eigenvalue weighted by atomic mass is 9.96. The SMILES string of the molecule is COc1ccc(C(C)C)cc1S(=O)(=O)N1CCC(C(=O)NC2CCN(C)CC2)CC1. The number of hydrogen-bond donors (Lipinski definition) is 1. The van der Waals surface area contributed by atoms with Gasteiger partial charge in [-0.25, -0.2) is 8.42 Å². The lowest BCUT2D eigenvalue weighted by Crippen LogP contribution is -2.48. The monoisotopic (exact) mass is 437 g/mol. The largest absolute Gasteiger partial charge is 0.495 e. The molecule has 0 spiro atoms. The molecular weight excluding hydrogens is 402 g/mol. The lowest BCUT2D eigenvalue weighted by molar-refractivity contribution is -0.127.